The third-order valence-electron chi connectivity index (χ3n) is 1.83. The average molecular weight is 230 g/mol. The number of nitro benzene ring substituents is 1. The Morgan fingerprint density at radius 3 is 2.53 bits per heavy atom. The second-order valence-electron chi connectivity index (χ2n) is 2.82. The van der Waals surface area contributed by atoms with Crippen molar-refractivity contribution in [3.05, 3.63) is 32.8 Å². The van der Waals surface area contributed by atoms with E-state index in [9.17, 15) is 14.9 Å². The molecule has 6 heteroatoms. The van der Waals surface area contributed by atoms with Crippen molar-refractivity contribution in [2.75, 3.05) is 7.11 Å². The van der Waals surface area contributed by atoms with Crippen LogP contribution >= 0.6 is 11.6 Å². The number of non-ortho nitro benzene ring substituents is 1. The van der Waals surface area contributed by atoms with Gasteiger partial charge >= 0.3 is 0 Å². The molecule has 15 heavy (non-hydrogen) atoms. The SMILES string of the molecule is COc1cc([N+](=O)[O-])cc(C(C)=O)c1Cl. The summed E-state index contributed by atoms with van der Waals surface area (Å²) in [4.78, 5) is 21.1. The van der Waals surface area contributed by atoms with Gasteiger partial charge in [-0.15, -0.1) is 0 Å². The zero-order valence-corrected chi connectivity index (χ0v) is 8.87. The Labute approximate surface area is 90.8 Å². The molecule has 0 saturated heterocycles. The smallest absolute Gasteiger partial charge is 0.273 e. The summed E-state index contributed by atoms with van der Waals surface area (Å²) in [6.45, 7) is 1.28. The maximum Gasteiger partial charge on any atom is 0.273 e. The van der Waals surface area contributed by atoms with E-state index in [4.69, 9.17) is 16.3 Å². The van der Waals surface area contributed by atoms with Crippen LogP contribution in [0.15, 0.2) is 12.1 Å². The number of carbonyl (C=O) groups excluding carboxylic acids is 1. The molecule has 5 nitrogen and oxygen atoms in total. The monoisotopic (exact) mass is 229 g/mol. The van der Waals surface area contributed by atoms with Gasteiger partial charge in [0.2, 0.25) is 0 Å². The Morgan fingerprint density at radius 2 is 2.13 bits per heavy atom. The summed E-state index contributed by atoms with van der Waals surface area (Å²) in [7, 11) is 1.33. The van der Waals surface area contributed by atoms with E-state index >= 15 is 0 Å². The summed E-state index contributed by atoms with van der Waals surface area (Å²) >= 11 is 5.81. The summed E-state index contributed by atoms with van der Waals surface area (Å²) in [6, 6.07) is 2.31. The first-order valence-electron chi connectivity index (χ1n) is 4.00. The molecule has 0 spiro atoms. The van der Waals surface area contributed by atoms with Crippen LogP contribution in [-0.4, -0.2) is 17.8 Å². The number of benzene rings is 1. The van der Waals surface area contributed by atoms with Gasteiger partial charge in [-0.3, -0.25) is 14.9 Å². The number of methoxy groups -OCH3 is 1. The quantitative estimate of drug-likeness (QED) is 0.454. The van der Waals surface area contributed by atoms with Crippen molar-refractivity contribution in [2.24, 2.45) is 0 Å². The van der Waals surface area contributed by atoms with Crippen molar-refractivity contribution in [1.82, 2.24) is 0 Å². The van der Waals surface area contributed by atoms with Crippen LogP contribution in [0.1, 0.15) is 17.3 Å². The minimum absolute atomic E-state index is 0.0858. The second-order valence-corrected chi connectivity index (χ2v) is 3.20. The summed E-state index contributed by atoms with van der Waals surface area (Å²) in [6.07, 6.45) is 0. The lowest BCUT2D eigenvalue weighted by atomic mass is 10.1. The van der Waals surface area contributed by atoms with Gasteiger partial charge in [-0.25, -0.2) is 0 Å². The van der Waals surface area contributed by atoms with Gasteiger partial charge in [0.25, 0.3) is 5.69 Å². The summed E-state index contributed by atoms with van der Waals surface area (Å²) in [5, 5.41) is 10.6. The number of halogens is 1. The number of rotatable bonds is 3. The van der Waals surface area contributed by atoms with Gasteiger partial charge < -0.3 is 4.74 Å². The molecule has 1 aromatic carbocycles. The van der Waals surface area contributed by atoms with Crippen LogP contribution in [0.3, 0.4) is 0 Å². The number of Topliss-reactive ketones (excluding diaryl/α,β-unsaturated/α-hetero) is 1. The van der Waals surface area contributed by atoms with Gasteiger partial charge in [0, 0.05) is 11.6 Å². The lowest BCUT2D eigenvalue weighted by Gasteiger charge is -2.06. The van der Waals surface area contributed by atoms with E-state index in [0.717, 1.165) is 6.07 Å². The normalized spacial score (nSPS) is 9.80. The molecule has 1 rings (SSSR count). The molecule has 0 saturated carbocycles. The number of carbonyl (C=O) groups is 1. The molecule has 0 radical (unpaired) electrons. The fourth-order valence-electron chi connectivity index (χ4n) is 1.09. The Bertz CT molecular complexity index is 430. The third-order valence-corrected chi connectivity index (χ3v) is 2.22. The number of hydrogen-bond acceptors (Lipinski definition) is 4. The molecule has 80 valence electrons. The van der Waals surface area contributed by atoms with Gasteiger partial charge in [0.05, 0.1) is 23.1 Å². The van der Waals surface area contributed by atoms with Crippen LogP contribution in [0.4, 0.5) is 5.69 Å². The Kier molecular flexibility index (Phi) is 3.26. The molecule has 0 aliphatic rings. The van der Waals surface area contributed by atoms with Crippen molar-refractivity contribution in [3.63, 3.8) is 0 Å². The van der Waals surface area contributed by atoms with Crippen molar-refractivity contribution >= 4 is 23.1 Å². The molecule has 0 N–H and O–H groups in total. The Morgan fingerprint density at radius 1 is 1.53 bits per heavy atom. The second kappa shape index (κ2) is 4.27. The minimum Gasteiger partial charge on any atom is -0.495 e. The first-order chi connectivity index (χ1) is 6.97. The molecular weight excluding hydrogens is 222 g/mol. The van der Waals surface area contributed by atoms with E-state index in [1.54, 1.807) is 0 Å². The average Bonchev–Trinajstić information content (AvgIpc) is 2.17. The number of ether oxygens (including phenoxy) is 1. The number of ketones is 1. The van der Waals surface area contributed by atoms with Crippen molar-refractivity contribution in [2.45, 2.75) is 6.92 Å². The Hall–Kier alpha value is -1.62. The van der Waals surface area contributed by atoms with E-state index in [1.807, 2.05) is 0 Å². The summed E-state index contributed by atoms with van der Waals surface area (Å²) < 4.78 is 4.84. The molecule has 0 amide bonds. The highest BCUT2D eigenvalue weighted by Crippen LogP contribution is 2.33. The topological polar surface area (TPSA) is 69.4 Å². The van der Waals surface area contributed by atoms with E-state index in [-0.39, 0.29) is 27.8 Å². The lowest BCUT2D eigenvalue weighted by Crippen LogP contribution is -1.99. The molecule has 0 unspecified atom stereocenters. The molecule has 0 heterocycles. The molecule has 0 bridgehead atoms. The molecule has 0 aliphatic carbocycles. The first kappa shape index (κ1) is 11.5. The van der Waals surface area contributed by atoms with Crippen LogP contribution in [-0.2, 0) is 0 Å². The molecule has 0 atom stereocenters. The van der Waals surface area contributed by atoms with E-state index in [2.05, 4.69) is 0 Å². The molecule has 1 aromatic rings. The molecule has 0 aliphatic heterocycles. The lowest BCUT2D eigenvalue weighted by molar-refractivity contribution is -0.384. The summed E-state index contributed by atoms with van der Waals surface area (Å²) in [5.74, 6) is -0.224. The van der Waals surface area contributed by atoms with Crippen LogP contribution in [0.5, 0.6) is 5.75 Å². The van der Waals surface area contributed by atoms with Gasteiger partial charge in [0.1, 0.15) is 5.75 Å². The maximum absolute atomic E-state index is 11.1. The Balaban J connectivity index is 3.45. The van der Waals surface area contributed by atoms with Crippen LogP contribution in [0.25, 0.3) is 0 Å². The van der Waals surface area contributed by atoms with E-state index in [1.165, 1.54) is 20.1 Å². The van der Waals surface area contributed by atoms with Crippen molar-refractivity contribution < 1.29 is 14.5 Å². The summed E-state index contributed by atoms with van der Waals surface area (Å²) in [5.41, 5.74) is -0.135. The maximum atomic E-state index is 11.1. The zero-order valence-electron chi connectivity index (χ0n) is 8.11. The predicted molar refractivity (Wildman–Crippen MR) is 54.7 cm³/mol. The first-order valence-corrected chi connectivity index (χ1v) is 4.38. The van der Waals surface area contributed by atoms with Crippen LogP contribution in [0, 0.1) is 10.1 Å². The molecule has 0 aromatic heterocycles. The van der Waals surface area contributed by atoms with E-state index < -0.39 is 4.92 Å². The van der Waals surface area contributed by atoms with Gasteiger partial charge in [-0.05, 0) is 6.92 Å². The minimum atomic E-state index is -0.606. The molecule has 0 fully saturated rings. The largest absolute Gasteiger partial charge is 0.495 e. The van der Waals surface area contributed by atoms with Crippen LogP contribution in [0.2, 0.25) is 5.02 Å². The number of nitrogens with zero attached hydrogens (tertiary/aromatic N) is 1. The molecular formula is C9H8ClNO4. The van der Waals surface area contributed by atoms with E-state index in [0.29, 0.717) is 0 Å². The van der Waals surface area contributed by atoms with Crippen LogP contribution < -0.4 is 4.74 Å². The van der Waals surface area contributed by atoms with Crippen molar-refractivity contribution in [3.8, 4) is 5.75 Å². The van der Waals surface area contributed by atoms with Gasteiger partial charge in [-0.1, -0.05) is 11.6 Å². The van der Waals surface area contributed by atoms with Gasteiger partial charge in [0.15, 0.2) is 5.78 Å². The standard InChI is InChI=1S/C9H8ClNO4/c1-5(12)7-3-6(11(13)14)4-8(15-2)9(7)10/h3-4H,1-2H3. The highest BCUT2D eigenvalue weighted by Gasteiger charge is 2.18. The highest BCUT2D eigenvalue weighted by molar-refractivity contribution is 6.35. The van der Waals surface area contributed by atoms with Gasteiger partial charge in [-0.2, -0.15) is 0 Å². The number of hydrogen-bond donors (Lipinski definition) is 0. The highest BCUT2D eigenvalue weighted by atomic mass is 35.5. The third kappa shape index (κ3) is 2.24. The van der Waals surface area contributed by atoms with Crippen molar-refractivity contribution in [1.29, 1.82) is 0 Å². The number of nitro groups is 1. The fourth-order valence-corrected chi connectivity index (χ4v) is 1.41. The fraction of sp³-hybridized carbons (Fsp3) is 0.222. The zero-order chi connectivity index (χ0) is 11.6. The predicted octanol–water partition coefficient (Wildman–Crippen LogP) is 2.46.